The molecule has 1 amide bonds. The summed E-state index contributed by atoms with van der Waals surface area (Å²) in [5.41, 5.74) is 0. The quantitative estimate of drug-likeness (QED) is 0.239. The number of nitrogens with zero attached hydrogens (tertiary/aromatic N) is 3. The van der Waals surface area contributed by atoms with Crippen molar-refractivity contribution in [2.45, 2.75) is 51.4 Å². The van der Waals surface area contributed by atoms with Crippen molar-refractivity contribution in [3.05, 3.63) is 5.21 Å². The van der Waals surface area contributed by atoms with Crippen molar-refractivity contribution in [2.24, 2.45) is 5.28 Å². The average molecular weight is 336 g/mol. The predicted octanol–water partition coefficient (Wildman–Crippen LogP) is -1.92. The number of aliphatic hydroxyl groups is 3. The Labute approximate surface area is 133 Å². The highest BCUT2D eigenvalue weighted by molar-refractivity contribution is 5.73. The smallest absolute Gasteiger partial charge is 0.256 e. The van der Waals surface area contributed by atoms with Crippen LogP contribution in [0.2, 0.25) is 0 Å². The lowest BCUT2D eigenvalue weighted by Gasteiger charge is -2.40. The molecule has 1 aliphatic rings. The van der Waals surface area contributed by atoms with E-state index in [0.717, 1.165) is 0 Å². The molecule has 0 bridgehead atoms. The Morgan fingerprint density at radius 1 is 1.39 bits per heavy atom. The number of amides is 1. The fourth-order valence-corrected chi connectivity index (χ4v) is 2.16. The second-order valence-electron chi connectivity index (χ2n) is 5.01. The summed E-state index contributed by atoms with van der Waals surface area (Å²) < 4.78 is 5.25. The van der Waals surface area contributed by atoms with Gasteiger partial charge in [0.05, 0.1) is 24.7 Å². The molecule has 0 aromatic carbocycles. The van der Waals surface area contributed by atoms with E-state index in [2.05, 4.69) is 10.6 Å². The maximum absolute atomic E-state index is 11.7. The first kappa shape index (κ1) is 19.4. The number of aliphatic hydroxyl groups excluding tert-OH is 3. The van der Waals surface area contributed by atoms with Crippen LogP contribution in [-0.2, 0) is 14.4 Å². The van der Waals surface area contributed by atoms with Crippen molar-refractivity contribution < 1.29 is 34.7 Å². The molecule has 11 nitrogen and oxygen atoms in total. The lowest BCUT2D eigenvalue weighted by Crippen LogP contribution is -2.64. The van der Waals surface area contributed by atoms with Gasteiger partial charge in [-0.25, -0.2) is 0 Å². The van der Waals surface area contributed by atoms with Crippen LogP contribution in [0, 0.1) is 5.21 Å². The van der Waals surface area contributed by atoms with E-state index >= 15 is 0 Å². The van der Waals surface area contributed by atoms with E-state index in [-0.39, 0.29) is 4.97 Å². The number of carbonyl (C=O) groups excluding carboxylic acids is 1. The number of carbonyl (C=O) groups is 1. The van der Waals surface area contributed by atoms with Crippen molar-refractivity contribution >= 4 is 5.91 Å². The van der Waals surface area contributed by atoms with Gasteiger partial charge in [-0.2, -0.15) is 0 Å². The van der Waals surface area contributed by atoms with Crippen LogP contribution in [0.25, 0.3) is 0 Å². The van der Waals surface area contributed by atoms with E-state index in [9.17, 15) is 20.2 Å². The molecule has 5 atom stereocenters. The van der Waals surface area contributed by atoms with Gasteiger partial charge in [-0.3, -0.25) is 4.79 Å². The highest BCUT2D eigenvalue weighted by Gasteiger charge is 2.46. The van der Waals surface area contributed by atoms with Crippen LogP contribution in [0.15, 0.2) is 5.28 Å². The average Bonchev–Trinajstić information content (AvgIpc) is 2.52. The van der Waals surface area contributed by atoms with Crippen molar-refractivity contribution in [1.29, 1.82) is 0 Å². The van der Waals surface area contributed by atoms with Crippen molar-refractivity contribution in [2.75, 3.05) is 19.7 Å². The number of rotatable bonds is 7. The van der Waals surface area contributed by atoms with Gasteiger partial charge < -0.3 is 35.4 Å². The fraction of sp³-hybridized carbons (Fsp3) is 0.917. The van der Waals surface area contributed by atoms with Gasteiger partial charge in [0.1, 0.15) is 24.4 Å². The molecule has 1 rings (SSSR count). The summed E-state index contributed by atoms with van der Waals surface area (Å²) in [4.78, 5) is 16.4. The summed E-state index contributed by atoms with van der Waals surface area (Å²) in [6, 6.07) is -1.15. The summed E-state index contributed by atoms with van der Waals surface area (Å²) in [5.74, 6) is -0.497. The molecule has 0 radical (unpaired) electrons. The number of nitrogens with one attached hydrogen (secondary N) is 1. The number of hydrogen-bond donors (Lipinski definition) is 4. The van der Waals surface area contributed by atoms with Gasteiger partial charge in [0.15, 0.2) is 0 Å². The van der Waals surface area contributed by atoms with Crippen LogP contribution in [-0.4, -0.2) is 81.5 Å². The molecule has 0 aromatic heterocycles. The zero-order chi connectivity index (χ0) is 17.6. The third kappa shape index (κ3) is 4.89. The molecule has 11 heteroatoms. The van der Waals surface area contributed by atoms with Gasteiger partial charge in [0.2, 0.25) is 11.2 Å². The predicted molar refractivity (Wildman–Crippen MR) is 75.4 cm³/mol. The first-order valence-electron chi connectivity index (χ1n) is 7.34. The molecule has 0 saturated carbocycles. The summed E-state index contributed by atoms with van der Waals surface area (Å²) in [7, 11) is 0. The topological polar surface area (TPSA) is 150 Å². The second-order valence-corrected chi connectivity index (χ2v) is 5.01. The number of ether oxygens (including phenoxy) is 1. The van der Waals surface area contributed by atoms with E-state index in [4.69, 9.17) is 14.7 Å². The third-order valence-corrected chi connectivity index (χ3v) is 3.44. The Balaban J connectivity index is 2.89. The minimum Gasteiger partial charge on any atom is -0.569 e. The molecule has 1 heterocycles. The standard InChI is InChI=1S/C12H24N4O7/c1-4-15(5-2)16(21)14-23-12-9(13-7(3)18)11(20)10(19)8(6-17)22-12/h8-12,17,19-20H,4-6H2,1-3H3,(H,13,18)/b16-14-/t8?,9?,10-,11-,12+/m1/s1. The Morgan fingerprint density at radius 3 is 2.48 bits per heavy atom. The van der Waals surface area contributed by atoms with Gasteiger partial charge in [-0.05, 0) is 13.8 Å². The van der Waals surface area contributed by atoms with E-state index < -0.39 is 43.2 Å². The first-order valence-corrected chi connectivity index (χ1v) is 7.34. The Kier molecular flexibility index (Phi) is 7.42. The fourth-order valence-electron chi connectivity index (χ4n) is 2.16. The Hall–Kier alpha value is -1.69. The highest BCUT2D eigenvalue weighted by atomic mass is 16.8. The van der Waals surface area contributed by atoms with Gasteiger partial charge >= 0.3 is 0 Å². The normalized spacial score (nSPS) is 31.6. The molecule has 0 aromatic rings. The number of hydrazine groups is 1. The molecule has 134 valence electrons. The zero-order valence-electron chi connectivity index (χ0n) is 13.3. The molecular formula is C12H24N4O7. The minimum absolute atomic E-state index is 0.222. The lowest BCUT2D eigenvalue weighted by atomic mass is 9.97. The molecule has 1 fully saturated rings. The summed E-state index contributed by atoms with van der Waals surface area (Å²) in [6.07, 6.45) is -5.37. The van der Waals surface area contributed by atoms with Gasteiger partial charge in [0.25, 0.3) is 6.29 Å². The Bertz CT molecular complexity index is 418. The minimum atomic E-state index is -1.46. The molecule has 4 N–H and O–H groups in total. The van der Waals surface area contributed by atoms with Crippen LogP contribution in [0.1, 0.15) is 20.8 Å². The first-order chi connectivity index (χ1) is 10.8. The van der Waals surface area contributed by atoms with Gasteiger partial charge in [-0.1, -0.05) is 0 Å². The van der Waals surface area contributed by atoms with E-state index in [1.54, 1.807) is 13.8 Å². The largest absolute Gasteiger partial charge is 0.569 e. The van der Waals surface area contributed by atoms with Gasteiger partial charge in [-0.15, -0.1) is 5.01 Å². The lowest BCUT2D eigenvalue weighted by molar-refractivity contribution is -0.712. The van der Waals surface area contributed by atoms with E-state index in [1.807, 2.05) is 0 Å². The molecule has 2 unspecified atom stereocenters. The van der Waals surface area contributed by atoms with Crippen molar-refractivity contribution in [3.63, 3.8) is 0 Å². The molecule has 23 heavy (non-hydrogen) atoms. The second kappa shape index (κ2) is 8.82. The molecule has 1 saturated heterocycles. The van der Waals surface area contributed by atoms with Crippen LogP contribution in [0.5, 0.6) is 0 Å². The van der Waals surface area contributed by atoms with E-state index in [1.165, 1.54) is 11.9 Å². The van der Waals surface area contributed by atoms with Crippen LogP contribution in [0.3, 0.4) is 0 Å². The maximum atomic E-state index is 11.7. The molecule has 0 spiro atoms. The highest BCUT2D eigenvalue weighted by Crippen LogP contribution is 2.22. The van der Waals surface area contributed by atoms with Crippen molar-refractivity contribution in [1.82, 2.24) is 10.3 Å². The van der Waals surface area contributed by atoms with Crippen molar-refractivity contribution in [3.8, 4) is 0 Å². The Morgan fingerprint density at radius 2 is 2.00 bits per heavy atom. The maximum Gasteiger partial charge on any atom is 0.256 e. The molecule has 1 aliphatic heterocycles. The zero-order valence-corrected chi connectivity index (χ0v) is 13.3. The summed E-state index contributed by atoms with van der Waals surface area (Å²) in [5, 5.41) is 47.8. The van der Waals surface area contributed by atoms with E-state index in [0.29, 0.717) is 13.1 Å². The summed E-state index contributed by atoms with van der Waals surface area (Å²) >= 11 is 0. The number of hydrogen-bond acceptors (Lipinski definition) is 8. The monoisotopic (exact) mass is 336 g/mol. The van der Waals surface area contributed by atoms with Crippen LogP contribution < -0.4 is 5.32 Å². The SMILES string of the molecule is CCN(CC)/[N+]([O-])=N/O[C@@H]1OC(CO)[C@@H](O)[C@H](O)C1NC(C)=O. The summed E-state index contributed by atoms with van der Waals surface area (Å²) in [6.45, 7) is 4.93. The van der Waals surface area contributed by atoms with Crippen LogP contribution in [0.4, 0.5) is 0 Å². The third-order valence-electron chi connectivity index (χ3n) is 3.44. The van der Waals surface area contributed by atoms with Crippen LogP contribution >= 0.6 is 0 Å². The molecular weight excluding hydrogens is 312 g/mol. The van der Waals surface area contributed by atoms with Gasteiger partial charge in [0, 0.05) is 6.92 Å². The molecule has 0 aliphatic carbocycles.